The zero-order valence-corrected chi connectivity index (χ0v) is 17.5. The Morgan fingerprint density at radius 3 is 2.77 bits per heavy atom. The third kappa shape index (κ3) is 3.95. The quantitative estimate of drug-likeness (QED) is 0.431. The summed E-state index contributed by atoms with van der Waals surface area (Å²) in [6.07, 6.45) is 5.53. The monoisotopic (exact) mass is 463 g/mol. The summed E-state index contributed by atoms with van der Waals surface area (Å²) in [7, 11) is 1.85. The maximum atomic E-state index is 4.53. The molecule has 1 saturated heterocycles. The van der Waals surface area contributed by atoms with Gasteiger partial charge < -0.3 is 15.1 Å². The zero-order chi connectivity index (χ0) is 17.1. The molecule has 1 fully saturated rings. The number of pyridine rings is 1. The van der Waals surface area contributed by atoms with E-state index in [2.05, 4.69) is 61.5 Å². The van der Waals surface area contributed by atoms with Crippen LogP contribution in [0.25, 0.3) is 0 Å². The number of nitrogens with zero attached hydrogens (tertiary/aromatic N) is 4. The van der Waals surface area contributed by atoms with Gasteiger partial charge in [0.05, 0.1) is 0 Å². The largest absolute Gasteiger partial charge is 0.357 e. The Bertz CT molecular complexity index is 770. The van der Waals surface area contributed by atoms with Crippen molar-refractivity contribution in [3.05, 3.63) is 53.7 Å². The summed E-state index contributed by atoms with van der Waals surface area (Å²) in [4.78, 5) is 13.7. The van der Waals surface area contributed by atoms with Crippen LogP contribution in [0.15, 0.2) is 47.6 Å². The summed E-state index contributed by atoms with van der Waals surface area (Å²) in [5, 5.41) is 3.52. The molecule has 2 aromatic rings. The van der Waals surface area contributed by atoms with Crippen LogP contribution in [0, 0.1) is 0 Å². The van der Waals surface area contributed by atoms with Crippen molar-refractivity contribution in [2.24, 2.45) is 4.99 Å². The van der Waals surface area contributed by atoms with Crippen LogP contribution in [0.4, 0.5) is 11.5 Å². The van der Waals surface area contributed by atoms with Crippen molar-refractivity contribution in [1.29, 1.82) is 0 Å². The first kappa shape index (κ1) is 18.9. The molecule has 0 unspecified atom stereocenters. The fraction of sp³-hybridized carbons (Fsp3) is 0.400. The standard InChI is InChI=1S/C20H25N5.HI/c1-21-20(25-13-9-17-6-2-3-7-18(17)25)23-15-16-8-10-22-19(14-16)24-11-4-5-12-24;/h2-3,6-8,10,14H,4-5,9,11-13,15H2,1H3,(H,21,23);1H. The summed E-state index contributed by atoms with van der Waals surface area (Å²) in [5.74, 6) is 2.03. The van der Waals surface area contributed by atoms with Gasteiger partial charge in [-0.05, 0) is 48.6 Å². The predicted molar refractivity (Wildman–Crippen MR) is 119 cm³/mol. The van der Waals surface area contributed by atoms with E-state index in [1.807, 2.05) is 13.2 Å². The molecule has 1 aromatic carbocycles. The number of benzene rings is 1. The lowest BCUT2D eigenvalue weighted by molar-refractivity contribution is 0.859. The minimum Gasteiger partial charge on any atom is -0.357 e. The van der Waals surface area contributed by atoms with E-state index in [0.717, 1.165) is 44.4 Å². The van der Waals surface area contributed by atoms with Gasteiger partial charge in [0.15, 0.2) is 5.96 Å². The van der Waals surface area contributed by atoms with Crippen molar-refractivity contribution in [1.82, 2.24) is 10.3 Å². The molecule has 0 bridgehead atoms. The highest BCUT2D eigenvalue weighted by Crippen LogP contribution is 2.27. The average molecular weight is 463 g/mol. The first-order valence-corrected chi connectivity index (χ1v) is 9.11. The molecule has 1 N–H and O–H groups in total. The van der Waals surface area contributed by atoms with Gasteiger partial charge in [-0.25, -0.2) is 4.98 Å². The number of guanidine groups is 1. The minimum atomic E-state index is 0. The molecule has 4 rings (SSSR count). The molecule has 2 aliphatic heterocycles. The zero-order valence-electron chi connectivity index (χ0n) is 15.2. The van der Waals surface area contributed by atoms with Crippen molar-refractivity contribution in [3.63, 3.8) is 0 Å². The number of hydrogen-bond acceptors (Lipinski definition) is 3. The predicted octanol–water partition coefficient (Wildman–Crippen LogP) is 3.44. The number of hydrogen-bond donors (Lipinski definition) is 1. The molecule has 5 nitrogen and oxygen atoms in total. The molecule has 0 atom stereocenters. The molecule has 3 heterocycles. The molecular weight excluding hydrogens is 437 g/mol. The summed E-state index contributed by atoms with van der Waals surface area (Å²) < 4.78 is 0. The fourth-order valence-electron chi connectivity index (χ4n) is 3.72. The van der Waals surface area contributed by atoms with Crippen LogP contribution in [0.3, 0.4) is 0 Å². The molecule has 1 aromatic heterocycles. The minimum absolute atomic E-state index is 0. The van der Waals surface area contributed by atoms with Gasteiger partial charge in [-0.2, -0.15) is 0 Å². The lowest BCUT2D eigenvalue weighted by Gasteiger charge is -2.23. The summed E-state index contributed by atoms with van der Waals surface area (Å²) in [6.45, 7) is 3.98. The average Bonchev–Trinajstić information content (AvgIpc) is 3.33. The lowest BCUT2D eigenvalue weighted by atomic mass is 10.2. The smallest absolute Gasteiger partial charge is 0.198 e. The van der Waals surface area contributed by atoms with E-state index in [9.17, 15) is 0 Å². The highest BCUT2D eigenvalue weighted by atomic mass is 127. The Morgan fingerprint density at radius 1 is 1.15 bits per heavy atom. The van der Waals surface area contributed by atoms with Crippen LogP contribution in [-0.2, 0) is 13.0 Å². The Morgan fingerprint density at radius 2 is 1.96 bits per heavy atom. The molecule has 0 radical (unpaired) electrons. The molecule has 2 aliphatic rings. The third-order valence-corrected chi connectivity index (χ3v) is 5.05. The van der Waals surface area contributed by atoms with Crippen LogP contribution < -0.4 is 15.1 Å². The van der Waals surface area contributed by atoms with Crippen LogP contribution in [0.5, 0.6) is 0 Å². The molecular formula is C20H26IN5. The maximum Gasteiger partial charge on any atom is 0.198 e. The topological polar surface area (TPSA) is 43.8 Å². The summed E-state index contributed by atoms with van der Waals surface area (Å²) in [5.41, 5.74) is 3.90. The third-order valence-electron chi connectivity index (χ3n) is 5.05. The Kier molecular flexibility index (Phi) is 6.34. The summed E-state index contributed by atoms with van der Waals surface area (Å²) >= 11 is 0. The Hall–Kier alpha value is -1.83. The molecule has 0 aliphatic carbocycles. The van der Waals surface area contributed by atoms with Gasteiger partial charge in [-0.1, -0.05) is 18.2 Å². The lowest BCUT2D eigenvalue weighted by Crippen LogP contribution is -2.40. The fourth-order valence-corrected chi connectivity index (χ4v) is 3.72. The molecule has 0 spiro atoms. The van der Waals surface area contributed by atoms with Crippen LogP contribution >= 0.6 is 24.0 Å². The highest BCUT2D eigenvalue weighted by molar-refractivity contribution is 14.0. The molecule has 138 valence electrons. The second-order valence-corrected chi connectivity index (χ2v) is 6.65. The van der Waals surface area contributed by atoms with E-state index in [1.165, 1.54) is 29.7 Å². The molecule has 26 heavy (non-hydrogen) atoms. The number of anilines is 2. The number of nitrogens with one attached hydrogen (secondary N) is 1. The Labute approximate surface area is 172 Å². The first-order chi connectivity index (χ1) is 12.3. The van der Waals surface area contributed by atoms with Gasteiger partial charge in [-0.3, -0.25) is 4.99 Å². The van der Waals surface area contributed by atoms with E-state index in [4.69, 9.17) is 0 Å². The van der Waals surface area contributed by atoms with E-state index < -0.39 is 0 Å². The van der Waals surface area contributed by atoms with Crippen LogP contribution in [0.2, 0.25) is 0 Å². The second kappa shape index (κ2) is 8.70. The number of halogens is 1. The van der Waals surface area contributed by atoms with E-state index in [1.54, 1.807) is 0 Å². The first-order valence-electron chi connectivity index (χ1n) is 9.11. The highest BCUT2D eigenvalue weighted by Gasteiger charge is 2.22. The van der Waals surface area contributed by atoms with E-state index in [-0.39, 0.29) is 24.0 Å². The SMILES string of the molecule is CN=C(NCc1ccnc(N2CCCC2)c1)N1CCc2ccccc21.I. The molecule has 0 amide bonds. The number of aromatic nitrogens is 1. The van der Waals surface area contributed by atoms with E-state index >= 15 is 0 Å². The number of aliphatic imine (C=N–C) groups is 1. The Balaban J connectivity index is 0.00000196. The van der Waals surface area contributed by atoms with Gasteiger partial charge in [0.1, 0.15) is 5.82 Å². The van der Waals surface area contributed by atoms with Gasteiger partial charge in [-0.15, -0.1) is 24.0 Å². The summed E-state index contributed by atoms with van der Waals surface area (Å²) in [6, 6.07) is 12.9. The number of fused-ring (bicyclic) bond motifs is 1. The van der Waals surface area contributed by atoms with Crippen LogP contribution in [0.1, 0.15) is 24.0 Å². The van der Waals surface area contributed by atoms with Crippen molar-refractivity contribution < 1.29 is 0 Å². The van der Waals surface area contributed by atoms with Gasteiger partial charge in [0.2, 0.25) is 0 Å². The maximum absolute atomic E-state index is 4.53. The van der Waals surface area contributed by atoms with Crippen molar-refractivity contribution in [2.75, 3.05) is 36.5 Å². The number of rotatable bonds is 3. The number of para-hydroxylation sites is 1. The second-order valence-electron chi connectivity index (χ2n) is 6.65. The van der Waals surface area contributed by atoms with Gasteiger partial charge in [0, 0.05) is 45.1 Å². The molecule has 0 saturated carbocycles. The van der Waals surface area contributed by atoms with Crippen molar-refractivity contribution >= 4 is 41.4 Å². The van der Waals surface area contributed by atoms with E-state index in [0.29, 0.717) is 0 Å². The van der Waals surface area contributed by atoms with Crippen LogP contribution in [-0.4, -0.2) is 37.6 Å². The van der Waals surface area contributed by atoms with Crippen molar-refractivity contribution in [2.45, 2.75) is 25.8 Å². The van der Waals surface area contributed by atoms with Crippen molar-refractivity contribution in [3.8, 4) is 0 Å². The van der Waals surface area contributed by atoms with Gasteiger partial charge in [0.25, 0.3) is 0 Å². The van der Waals surface area contributed by atoms with Gasteiger partial charge >= 0.3 is 0 Å². The normalized spacial score (nSPS) is 16.4. The molecule has 6 heteroatoms.